The van der Waals surface area contributed by atoms with Crippen molar-refractivity contribution in [2.75, 3.05) is 0 Å². The Morgan fingerprint density at radius 1 is 1.00 bits per heavy atom. The SMILES string of the molecule is C.[CH3-].[I-].[Mg+2]. The van der Waals surface area contributed by atoms with Gasteiger partial charge in [-0.2, -0.15) is 0 Å². The molecule has 24 valence electrons. The molecule has 0 N–H and O–H groups in total. The Morgan fingerprint density at radius 2 is 1.00 bits per heavy atom. The maximum absolute atomic E-state index is 0. The molecule has 0 aliphatic heterocycles. The van der Waals surface area contributed by atoms with Crippen LogP contribution in [0.25, 0.3) is 0 Å². The van der Waals surface area contributed by atoms with E-state index in [9.17, 15) is 0 Å². The van der Waals surface area contributed by atoms with E-state index in [1.54, 1.807) is 0 Å². The standard InChI is InChI=1S/CH4.CH3.HI.Mg/h1H4;1H3;1H;/q;-1;;+2/p-1. The summed E-state index contributed by atoms with van der Waals surface area (Å²) in [6, 6.07) is 0. The van der Waals surface area contributed by atoms with Gasteiger partial charge in [-0.3, -0.25) is 0 Å². The van der Waals surface area contributed by atoms with Gasteiger partial charge in [0.25, 0.3) is 0 Å². The van der Waals surface area contributed by atoms with E-state index in [0.717, 1.165) is 0 Å². The zero-order chi connectivity index (χ0) is 0. The zero-order valence-corrected chi connectivity index (χ0v) is 5.66. The van der Waals surface area contributed by atoms with Crippen molar-refractivity contribution in [1.82, 2.24) is 0 Å². The van der Waals surface area contributed by atoms with Crippen LogP contribution in [0.4, 0.5) is 0 Å². The summed E-state index contributed by atoms with van der Waals surface area (Å²) in [5.74, 6) is 0. The maximum Gasteiger partial charge on any atom is 2.00 e. The Balaban J connectivity index is 0. The minimum absolute atomic E-state index is 0. The third kappa shape index (κ3) is 9.73. The smallest absolute Gasteiger partial charge is 1.00 e. The average molecular weight is 182 g/mol. The van der Waals surface area contributed by atoms with E-state index in [-0.39, 0.29) is 61.9 Å². The monoisotopic (exact) mass is 182 g/mol. The van der Waals surface area contributed by atoms with Crippen molar-refractivity contribution < 1.29 is 24.0 Å². The molecular weight excluding hydrogens is 175 g/mol. The third-order valence-electron chi connectivity index (χ3n) is 0. The summed E-state index contributed by atoms with van der Waals surface area (Å²) in [4.78, 5) is 0. The summed E-state index contributed by atoms with van der Waals surface area (Å²) < 4.78 is 0. The summed E-state index contributed by atoms with van der Waals surface area (Å²) in [6.45, 7) is 0. The Morgan fingerprint density at radius 3 is 1.00 bits per heavy atom. The molecule has 0 fully saturated rings. The Kier molecular flexibility index (Phi) is 305. The zero-order valence-electron chi connectivity index (χ0n) is 2.09. The summed E-state index contributed by atoms with van der Waals surface area (Å²) in [5, 5.41) is 0. The molecule has 0 nitrogen and oxygen atoms in total. The fourth-order valence-corrected chi connectivity index (χ4v) is 0. The molecule has 0 atom stereocenters. The molecule has 0 spiro atoms. The molecule has 0 unspecified atom stereocenters. The summed E-state index contributed by atoms with van der Waals surface area (Å²) >= 11 is 0. The van der Waals surface area contributed by atoms with Gasteiger partial charge in [0, 0.05) is 0 Å². The fraction of sp³-hybridized carbons (Fsp3) is 0.500. The van der Waals surface area contributed by atoms with Crippen LogP contribution in [0.5, 0.6) is 0 Å². The van der Waals surface area contributed by atoms with Crippen molar-refractivity contribution in [3.63, 3.8) is 0 Å². The minimum atomic E-state index is 0. The van der Waals surface area contributed by atoms with E-state index in [0.29, 0.717) is 0 Å². The van der Waals surface area contributed by atoms with Crippen LogP contribution in [0, 0.1) is 7.43 Å². The van der Waals surface area contributed by atoms with E-state index >= 15 is 0 Å². The van der Waals surface area contributed by atoms with E-state index in [1.165, 1.54) is 0 Å². The number of rotatable bonds is 0. The molecule has 0 aromatic heterocycles. The average Bonchev–Trinajstić information content (AvgIpc) is 0. The van der Waals surface area contributed by atoms with E-state index < -0.39 is 0 Å². The third-order valence-corrected chi connectivity index (χ3v) is 0. The van der Waals surface area contributed by atoms with E-state index in [1.807, 2.05) is 0 Å². The van der Waals surface area contributed by atoms with Gasteiger partial charge in [0.05, 0.1) is 0 Å². The van der Waals surface area contributed by atoms with Crippen LogP contribution >= 0.6 is 0 Å². The molecule has 0 aromatic rings. The van der Waals surface area contributed by atoms with Gasteiger partial charge in [-0.05, 0) is 0 Å². The molecule has 0 amide bonds. The van der Waals surface area contributed by atoms with Crippen molar-refractivity contribution in [1.29, 1.82) is 0 Å². The second-order valence-electron chi connectivity index (χ2n) is 0. The molecule has 0 saturated heterocycles. The predicted octanol–water partition coefficient (Wildman–Crippen LogP) is -2.29. The molecule has 0 radical (unpaired) electrons. The Labute approximate surface area is 61.5 Å². The first-order chi connectivity index (χ1) is 0. The van der Waals surface area contributed by atoms with Gasteiger partial charge in [0.2, 0.25) is 0 Å². The molecule has 0 saturated carbocycles. The molecular formula is C2H7IMg. The van der Waals surface area contributed by atoms with Crippen LogP contribution in [0.2, 0.25) is 0 Å². The number of halogens is 1. The first kappa shape index (κ1) is 49.6. The quantitative estimate of drug-likeness (QED) is 0.225. The summed E-state index contributed by atoms with van der Waals surface area (Å²) in [6.07, 6.45) is 0. The van der Waals surface area contributed by atoms with Gasteiger partial charge in [0.15, 0.2) is 0 Å². The van der Waals surface area contributed by atoms with Crippen LogP contribution in [-0.2, 0) is 0 Å². The predicted molar refractivity (Wildman–Crippen MR) is 18.9 cm³/mol. The summed E-state index contributed by atoms with van der Waals surface area (Å²) in [7, 11) is 0. The van der Waals surface area contributed by atoms with Crippen molar-refractivity contribution in [2.24, 2.45) is 0 Å². The van der Waals surface area contributed by atoms with Crippen LogP contribution in [0.3, 0.4) is 0 Å². The van der Waals surface area contributed by atoms with Crippen LogP contribution in [0.1, 0.15) is 7.43 Å². The second kappa shape index (κ2) is 24.5. The molecule has 0 aromatic carbocycles. The molecule has 0 heterocycles. The van der Waals surface area contributed by atoms with Crippen molar-refractivity contribution in [3.05, 3.63) is 7.43 Å². The van der Waals surface area contributed by atoms with Crippen molar-refractivity contribution in [2.45, 2.75) is 7.43 Å². The summed E-state index contributed by atoms with van der Waals surface area (Å²) in [5.41, 5.74) is 0. The van der Waals surface area contributed by atoms with Gasteiger partial charge < -0.3 is 31.4 Å². The second-order valence-corrected chi connectivity index (χ2v) is 0. The van der Waals surface area contributed by atoms with Crippen LogP contribution in [0.15, 0.2) is 0 Å². The molecule has 2 heteroatoms. The molecule has 4 heavy (non-hydrogen) atoms. The van der Waals surface area contributed by atoms with Gasteiger partial charge in [-0.25, -0.2) is 0 Å². The van der Waals surface area contributed by atoms with E-state index in [2.05, 4.69) is 0 Å². The van der Waals surface area contributed by atoms with Crippen molar-refractivity contribution >= 4 is 23.1 Å². The number of hydrogen-bond acceptors (Lipinski definition) is 0. The first-order valence-corrected chi connectivity index (χ1v) is 0. The largest absolute Gasteiger partial charge is 2.00 e. The number of hydrogen-bond donors (Lipinski definition) is 0. The molecule has 0 aliphatic rings. The van der Waals surface area contributed by atoms with E-state index in [4.69, 9.17) is 0 Å². The van der Waals surface area contributed by atoms with Crippen molar-refractivity contribution in [3.8, 4) is 0 Å². The Hall–Kier alpha value is 1.50. The van der Waals surface area contributed by atoms with Gasteiger partial charge in [-0.1, -0.05) is 7.43 Å². The first-order valence-electron chi connectivity index (χ1n) is 0. The molecule has 0 aliphatic carbocycles. The molecule has 0 rings (SSSR count). The topological polar surface area (TPSA) is 0 Å². The van der Waals surface area contributed by atoms with Crippen LogP contribution in [-0.4, -0.2) is 23.1 Å². The maximum atomic E-state index is 0. The van der Waals surface area contributed by atoms with Gasteiger partial charge in [-0.15, -0.1) is 0 Å². The van der Waals surface area contributed by atoms with Gasteiger partial charge >= 0.3 is 23.1 Å². The van der Waals surface area contributed by atoms with Gasteiger partial charge in [0.1, 0.15) is 0 Å². The Bertz CT molecular complexity index is 6.00. The minimum Gasteiger partial charge on any atom is -1.00 e. The van der Waals surface area contributed by atoms with Crippen LogP contribution < -0.4 is 24.0 Å². The fourth-order valence-electron chi connectivity index (χ4n) is 0. The molecule has 0 bridgehead atoms. The normalized spacial score (nSPS) is 0.